The molecular weight excluding hydrogens is 699 g/mol. The van der Waals surface area contributed by atoms with Gasteiger partial charge in [0.2, 0.25) is 0 Å². The van der Waals surface area contributed by atoms with E-state index in [1.165, 1.54) is 51.4 Å². The van der Waals surface area contributed by atoms with E-state index in [9.17, 15) is 0 Å². The van der Waals surface area contributed by atoms with E-state index in [4.69, 9.17) is 0 Å². The second-order valence-electron chi connectivity index (χ2n) is 13.4. The molecule has 5 aromatic carbocycles. The Bertz CT molecular complexity index is 1810. The van der Waals surface area contributed by atoms with E-state index in [0.29, 0.717) is 7.35 Å². The fraction of sp³-hybridized carbons (Fsp3) is 0.171. The van der Waals surface area contributed by atoms with Gasteiger partial charge in [-0.15, -0.1) is 0 Å². The van der Waals surface area contributed by atoms with Crippen molar-refractivity contribution in [3.05, 3.63) is 167 Å². The molecule has 0 radical (unpaired) electrons. The molecule has 0 aromatic heterocycles. The summed E-state index contributed by atoms with van der Waals surface area (Å²) in [5.41, 5.74) is 12.2. The van der Waals surface area contributed by atoms with Crippen molar-refractivity contribution in [3.63, 3.8) is 0 Å². The van der Waals surface area contributed by atoms with Gasteiger partial charge in [-0.1, -0.05) is 0 Å². The SMILES string of the molecule is C[Si](CCc1ccccc1)=[Hf]([CH3])([CH3])([CH]1C=Cc2c(-c3ccccc3)cccc21)[CH]1C=Cc2c(-c3ccccc3)cccc21. The Morgan fingerprint density at radius 2 is 0.977 bits per heavy atom. The van der Waals surface area contributed by atoms with E-state index in [1.54, 1.807) is 11.1 Å². The summed E-state index contributed by atoms with van der Waals surface area (Å²) >= 11 is -3.89. The van der Waals surface area contributed by atoms with Crippen LogP contribution in [0.15, 0.2) is 140 Å². The molecule has 5 aromatic rings. The van der Waals surface area contributed by atoms with Crippen LogP contribution >= 0.6 is 0 Å². The Hall–Kier alpha value is -3.33. The molecule has 7 rings (SSSR count). The number of aryl methyl sites for hydroxylation is 1. The van der Waals surface area contributed by atoms with Gasteiger partial charge in [-0.2, -0.15) is 0 Å². The van der Waals surface area contributed by atoms with Crippen LogP contribution in [0.5, 0.6) is 0 Å². The molecule has 2 atom stereocenters. The van der Waals surface area contributed by atoms with Crippen LogP contribution in [0.2, 0.25) is 22.0 Å². The van der Waals surface area contributed by atoms with Crippen LogP contribution in [0, 0.1) is 0 Å². The molecule has 0 nitrogen and oxygen atoms in total. The fourth-order valence-electron chi connectivity index (χ4n) is 8.06. The van der Waals surface area contributed by atoms with Gasteiger partial charge in [-0.25, -0.2) is 0 Å². The summed E-state index contributed by atoms with van der Waals surface area (Å²) in [6, 6.07) is 48.6. The molecule has 43 heavy (non-hydrogen) atoms. The molecule has 0 bridgehead atoms. The Labute approximate surface area is 258 Å². The normalized spacial score (nSPS) is 17.1. The predicted molar refractivity (Wildman–Crippen MR) is 186 cm³/mol. The number of allylic oxidation sites excluding steroid dienone is 2. The average Bonchev–Trinajstić information content (AvgIpc) is 3.71. The molecule has 0 saturated heterocycles. The molecular formula is C41H40HfSi. The van der Waals surface area contributed by atoms with Crippen molar-refractivity contribution in [1.82, 2.24) is 0 Å². The van der Waals surface area contributed by atoms with Gasteiger partial charge in [0.15, 0.2) is 0 Å². The molecule has 2 aliphatic carbocycles. The van der Waals surface area contributed by atoms with Gasteiger partial charge in [-0.05, 0) is 0 Å². The zero-order chi connectivity index (χ0) is 29.5. The monoisotopic (exact) mass is 740 g/mol. The minimum absolute atomic E-state index is 0.534. The molecule has 2 aliphatic rings. The zero-order valence-corrected chi connectivity index (χ0v) is 30.1. The molecule has 0 aliphatic heterocycles. The first-order valence-electron chi connectivity index (χ1n) is 15.7. The van der Waals surface area contributed by atoms with Crippen LogP contribution in [0.4, 0.5) is 0 Å². The van der Waals surface area contributed by atoms with Crippen LogP contribution in [0.1, 0.15) is 35.2 Å². The number of rotatable bonds is 7. The topological polar surface area (TPSA) is 0 Å². The summed E-state index contributed by atoms with van der Waals surface area (Å²) in [7, 11) is 0. The van der Waals surface area contributed by atoms with Crippen LogP contribution < -0.4 is 0 Å². The van der Waals surface area contributed by atoms with Crippen LogP contribution in [0.25, 0.3) is 34.4 Å². The first-order chi connectivity index (χ1) is 20.9. The Morgan fingerprint density at radius 1 is 0.535 bits per heavy atom. The molecule has 2 unspecified atom stereocenters. The minimum atomic E-state index is -3.89. The molecule has 0 N–H and O–H groups in total. The van der Waals surface area contributed by atoms with Crippen molar-refractivity contribution in [2.75, 3.05) is 0 Å². The predicted octanol–water partition coefficient (Wildman–Crippen LogP) is 11.5. The molecule has 0 saturated carbocycles. The van der Waals surface area contributed by atoms with Gasteiger partial charge in [0, 0.05) is 0 Å². The van der Waals surface area contributed by atoms with E-state index in [0.717, 1.165) is 0 Å². The van der Waals surface area contributed by atoms with Gasteiger partial charge >= 0.3 is 260 Å². The van der Waals surface area contributed by atoms with Gasteiger partial charge < -0.3 is 0 Å². The molecule has 212 valence electrons. The third-order valence-electron chi connectivity index (χ3n) is 10.9. The van der Waals surface area contributed by atoms with E-state index in [2.05, 4.69) is 168 Å². The number of fused-ring (bicyclic) bond motifs is 2. The molecule has 0 amide bonds. The standard InChI is InChI=1S/2C15H11.C9H12Si.2CH3.Hf/c2*1-2-6-12(7-3-1)14-10-4-8-13-9-5-11-15(13)14;1-10-8-7-9-5-3-2-4-6-9;;;/h2*1-11H;2-6H,7-8H2,1H3;2*1H3;. The van der Waals surface area contributed by atoms with Crippen molar-refractivity contribution in [2.24, 2.45) is 0 Å². The van der Waals surface area contributed by atoms with Gasteiger partial charge in [0.1, 0.15) is 0 Å². The molecule has 0 fully saturated rings. The zero-order valence-electron chi connectivity index (χ0n) is 25.5. The third-order valence-corrected chi connectivity index (χ3v) is 68.8. The van der Waals surface area contributed by atoms with Crippen LogP contribution in [-0.2, 0) is 23.5 Å². The summed E-state index contributed by atoms with van der Waals surface area (Å²) in [6.45, 7) is 2.71. The molecule has 0 spiro atoms. The van der Waals surface area contributed by atoms with Gasteiger partial charge in [-0.3, -0.25) is 0 Å². The summed E-state index contributed by atoms with van der Waals surface area (Å²) in [5.74, 6) is 0. The van der Waals surface area contributed by atoms with Crippen LogP contribution in [-0.4, -0.2) is 5.49 Å². The average molecular weight is 739 g/mol. The van der Waals surface area contributed by atoms with Crippen molar-refractivity contribution < 1.29 is 17.1 Å². The fourth-order valence-corrected chi connectivity index (χ4v) is 51.0. The second kappa shape index (κ2) is 11.3. The Morgan fingerprint density at radius 3 is 1.44 bits per heavy atom. The Kier molecular flexibility index (Phi) is 7.48. The molecule has 2 heteroatoms. The van der Waals surface area contributed by atoms with E-state index >= 15 is 0 Å². The summed E-state index contributed by atoms with van der Waals surface area (Å²) in [4.78, 5) is 0. The third kappa shape index (κ3) is 4.84. The first-order valence-corrected chi connectivity index (χ1v) is 34.7. The van der Waals surface area contributed by atoms with E-state index < -0.39 is 22.6 Å². The number of hydrogen-bond acceptors (Lipinski definition) is 0. The van der Waals surface area contributed by atoms with Crippen molar-refractivity contribution in [1.29, 1.82) is 0 Å². The number of benzene rings is 5. The number of hydrogen-bond donors (Lipinski definition) is 0. The Balaban J connectivity index is 1.41. The summed E-state index contributed by atoms with van der Waals surface area (Å²) in [6.07, 6.45) is 11.4. The van der Waals surface area contributed by atoms with Crippen molar-refractivity contribution >= 4 is 17.6 Å². The van der Waals surface area contributed by atoms with E-state index in [1.807, 2.05) is 0 Å². The maximum absolute atomic E-state index is 3.89. The summed E-state index contributed by atoms with van der Waals surface area (Å²) in [5, 5.41) is 0. The molecule has 0 heterocycles. The maximum atomic E-state index is 2.86. The van der Waals surface area contributed by atoms with Crippen molar-refractivity contribution in [2.45, 2.75) is 35.7 Å². The summed E-state index contributed by atoms with van der Waals surface area (Å²) < 4.78 is 6.78. The van der Waals surface area contributed by atoms with Crippen LogP contribution in [0.3, 0.4) is 0 Å². The van der Waals surface area contributed by atoms with Gasteiger partial charge in [0.05, 0.1) is 0 Å². The van der Waals surface area contributed by atoms with Crippen molar-refractivity contribution in [3.8, 4) is 22.3 Å². The first kappa shape index (κ1) is 28.4. The second-order valence-corrected chi connectivity index (χ2v) is 60.8. The van der Waals surface area contributed by atoms with E-state index in [-0.39, 0.29) is 0 Å². The van der Waals surface area contributed by atoms with Gasteiger partial charge in [0.25, 0.3) is 0 Å². The quantitative estimate of drug-likeness (QED) is 0.146.